The smallest absolute Gasteiger partial charge is 0.276 e. The highest BCUT2D eigenvalue weighted by atomic mass is 32.2. The number of hydrogen-bond acceptors (Lipinski definition) is 5. The number of hydrogen-bond donors (Lipinski definition) is 2. The fourth-order valence-electron chi connectivity index (χ4n) is 2.55. The predicted octanol–water partition coefficient (Wildman–Crippen LogP) is 2.34. The number of carbonyl (C=O) groups is 1. The summed E-state index contributed by atoms with van der Waals surface area (Å²) in [6.07, 6.45) is 0. The summed E-state index contributed by atoms with van der Waals surface area (Å²) in [6.45, 7) is 5.22. The van der Waals surface area contributed by atoms with E-state index >= 15 is 0 Å². The van der Waals surface area contributed by atoms with Crippen LogP contribution in [-0.2, 0) is 14.8 Å². The minimum atomic E-state index is -3.77. The maximum atomic E-state index is 12.5. The topological polar surface area (TPSA) is 96.9 Å². The zero-order valence-corrected chi connectivity index (χ0v) is 15.5. The minimum Gasteiger partial charge on any atom is -0.482 e. The molecule has 2 aromatic rings. The molecule has 1 aliphatic rings. The molecule has 0 aliphatic carbocycles. The van der Waals surface area contributed by atoms with Gasteiger partial charge < -0.3 is 10.1 Å². The average Bonchev–Trinajstić information content (AvgIpc) is 2.61. The number of ether oxygens (including phenoxy) is 1. The molecule has 1 aliphatic heterocycles. The lowest BCUT2D eigenvalue weighted by Crippen LogP contribution is -2.25. The van der Waals surface area contributed by atoms with Crippen molar-refractivity contribution in [3.05, 3.63) is 53.1 Å². The normalized spacial score (nSPS) is 14.3. The van der Waals surface area contributed by atoms with Gasteiger partial charge in [0.1, 0.15) is 5.75 Å². The molecule has 1 heterocycles. The van der Waals surface area contributed by atoms with E-state index in [9.17, 15) is 13.2 Å². The van der Waals surface area contributed by atoms with Gasteiger partial charge in [-0.2, -0.15) is 18.4 Å². The van der Waals surface area contributed by atoms with Crippen LogP contribution < -0.4 is 14.9 Å². The van der Waals surface area contributed by atoms with Crippen LogP contribution in [0.4, 0.5) is 5.69 Å². The molecule has 136 valence electrons. The highest BCUT2D eigenvalue weighted by Gasteiger charge is 2.18. The lowest BCUT2D eigenvalue weighted by atomic mass is 10.1. The number of aryl methyl sites for hydroxylation is 2. The van der Waals surface area contributed by atoms with Crippen LogP contribution in [0, 0.1) is 13.8 Å². The lowest BCUT2D eigenvalue weighted by molar-refractivity contribution is -0.118. The van der Waals surface area contributed by atoms with Crippen molar-refractivity contribution < 1.29 is 17.9 Å². The molecule has 0 bridgehead atoms. The third-order valence-electron chi connectivity index (χ3n) is 4.00. The summed E-state index contributed by atoms with van der Waals surface area (Å²) in [7, 11) is -3.77. The number of sulfonamides is 1. The third-order valence-corrected chi connectivity index (χ3v) is 5.35. The molecule has 0 fully saturated rings. The Labute approximate surface area is 152 Å². The van der Waals surface area contributed by atoms with E-state index in [1.165, 1.54) is 0 Å². The average molecular weight is 373 g/mol. The zero-order chi connectivity index (χ0) is 18.9. The molecule has 7 nitrogen and oxygen atoms in total. The maximum Gasteiger partial charge on any atom is 0.276 e. The molecule has 0 aromatic heterocycles. The van der Waals surface area contributed by atoms with Crippen LogP contribution in [0.5, 0.6) is 5.75 Å². The summed E-state index contributed by atoms with van der Waals surface area (Å²) in [5.41, 5.74) is 3.15. The molecule has 2 N–H and O–H groups in total. The number of nitrogens with one attached hydrogen (secondary N) is 2. The minimum absolute atomic E-state index is 0.0188. The van der Waals surface area contributed by atoms with Gasteiger partial charge in [0.15, 0.2) is 6.61 Å². The molecule has 0 unspecified atom stereocenters. The Hall–Kier alpha value is -2.87. The van der Waals surface area contributed by atoms with Crippen molar-refractivity contribution >= 4 is 27.3 Å². The van der Waals surface area contributed by atoms with E-state index in [0.29, 0.717) is 28.3 Å². The summed E-state index contributed by atoms with van der Waals surface area (Å²) in [6, 6.07) is 10.4. The molecule has 0 saturated heterocycles. The van der Waals surface area contributed by atoms with E-state index in [4.69, 9.17) is 4.74 Å². The summed E-state index contributed by atoms with van der Waals surface area (Å²) in [5.74, 6) is 0.331. The summed E-state index contributed by atoms with van der Waals surface area (Å²) < 4.78 is 30.3. The van der Waals surface area contributed by atoms with Crippen molar-refractivity contribution in [1.82, 2.24) is 4.83 Å². The Morgan fingerprint density at radius 3 is 2.73 bits per heavy atom. The van der Waals surface area contributed by atoms with Crippen molar-refractivity contribution in [2.75, 3.05) is 11.9 Å². The van der Waals surface area contributed by atoms with Gasteiger partial charge in [-0.3, -0.25) is 4.79 Å². The number of hydrazone groups is 1. The second-order valence-corrected chi connectivity index (χ2v) is 7.74. The van der Waals surface area contributed by atoms with E-state index in [-0.39, 0.29) is 17.4 Å². The van der Waals surface area contributed by atoms with Crippen LogP contribution in [-0.4, -0.2) is 26.6 Å². The summed E-state index contributed by atoms with van der Waals surface area (Å²) >= 11 is 0. The van der Waals surface area contributed by atoms with Gasteiger partial charge in [0.2, 0.25) is 0 Å². The highest BCUT2D eigenvalue weighted by Crippen LogP contribution is 2.28. The third kappa shape index (κ3) is 3.70. The van der Waals surface area contributed by atoms with Crippen LogP contribution in [0.1, 0.15) is 23.6 Å². The number of benzene rings is 2. The van der Waals surface area contributed by atoms with Crippen LogP contribution in [0.2, 0.25) is 0 Å². The van der Waals surface area contributed by atoms with Crippen molar-refractivity contribution in [3.8, 4) is 5.75 Å². The largest absolute Gasteiger partial charge is 0.482 e. The van der Waals surface area contributed by atoms with Crippen molar-refractivity contribution in [2.24, 2.45) is 5.10 Å². The SMILES string of the molecule is C/C(=N/NS(=O)(=O)c1cc(C)ccc1C)c1ccc2c(c1)NC(=O)CO2. The Balaban J connectivity index is 1.85. The van der Waals surface area contributed by atoms with E-state index in [0.717, 1.165) is 5.56 Å². The van der Waals surface area contributed by atoms with Gasteiger partial charge in [-0.25, -0.2) is 0 Å². The quantitative estimate of drug-likeness (QED) is 0.635. The Morgan fingerprint density at radius 1 is 1.19 bits per heavy atom. The first kappa shape index (κ1) is 17.9. The van der Waals surface area contributed by atoms with Gasteiger partial charge in [0, 0.05) is 0 Å². The number of nitrogens with zero attached hydrogens (tertiary/aromatic N) is 1. The predicted molar refractivity (Wildman–Crippen MR) is 99.0 cm³/mol. The van der Waals surface area contributed by atoms with Crippen molar-refractivity contribution in [1.29, 1.82) is 0 Å². The molecule has 0 radical (unpaired) electrons. The number of rotatable bonds is 4. The first-order valence-electron chi connectivity index (χ1n) is 7.97. The zero-order valence-electron chi connectivity index (χ0n) is 14.7. The first-order chi connectivity index (χ1) is 12.3. The summed E-state index contributed by atoms with van der Waals surface area (Å²) in [4.78, 5) is 13.9. The van der Waals surface area contributed by atoms with Gasteiger partial charge in [-0.15, -0.1) is 0 Å². The molecule has 0 saturated carbocycles. The number of carbonyl (C=O) groups excluding carboxylic acids is 1. The Morgan fingerprint density at radius 2 is 1.96 bits per heavy atom. The first-order valence-corrected chi connectivity index (χ1v) is 9.45. The van der Waals surface area contributed by atoms with E-state index in [1.807, 2.05) is 13.0 Å². The van der Waals surface area contributed by atoms with Gasteiger partial charge in [-0.1, -0.05) is 12.1 Å². The second kappa shape index (κ2) is 6.80. The molecule has 3 rings (SSSR count). The molecule has 0 atom stereocenters. The Bertz CT molecular complexity index is 1010. The van der Waals surface area contributed by atoms with Crippen LogP contribution in [0.25, 0.3) is 0 Å². The van der Waals surface area contributed by atoms with Gasteiger partial charge >= 0.3 is 0 Å². The summed E-state index contributed by atoms with van der Waals surface area (Å²) in [5, 5.41) is 6.72. The van der Waals surface area contributed by atoms with Crippen molar-refractivity contribution in [3.63, 3.8) is 0 Å². The molecular formula is C18H19N3O4S. The molecule has 26 heavy (non-hydrogen) atoms. The van der Waals surface area contributed by atoms with Crippen molar-refractivity contribution in [2.45, 2.75) is 25.7 Å². The van der Waals surface area contributed by atoms with Crippen LogP contribution >= 0.6 is 0 Å². The van der Waals surface area contributed by atoms with Crippen LogP contribution in [0.3, 0.4) is 0 Å². The van der Waals surface area contributed by atoms with E-state index < -0.39 is 10.0 Å². The highest BCUT2D eigenvalue weighted by molar-refractivity contribution is 7.89. The fraction of sp³-hybridized carbons (Fsp3) is 0.222. The standard InChI is InChI=1S/C18H19N3O4S/c1-11-4-5-12(2)17(8-11)26(23,24)21-20-13(3)14-6-7-16-15(9-14)19-18(22)10-25-16/h4-9,21H,10H2,1-3H3,(H,19,22)/b20-13-. The molecule has 1 amide bonds. The lowest BCUT2D eigenvalue weighted by Gasteiger charge is -2.18. The van der Waals surface area contributed by atoms with Gasteiger partial charge in [0.05, 0.1) is 16.3 Å². The van der Waals surface area contributed by atoms with E-state index in [2.05, 4.69) is 15.2 Å². The van der Waals surface area contributed by atoms with Gasteiger partial charge in [0.25, 0.3) is 15.9 Å². The Kier molecular flexibility index (Phi) is 4.69. The molecule has 2 aromatic carbocycles. The van der Waals surface area contributed by atoms with Gasteiger partial charge in [-0.05, 0) is 61.7 Å². The molecule has 0 spiro atoms. The number of amides is 1. The number of anilines is 1. The monoisotopic (exact) mass is 373 g/mol. The van der Waals surface area contributed by atoms with E-state index in [1.54, 1.807) is 44.2 Å². The van der Waals surface area contributed by atoms with Crippen LogP contribution in [0.15, 0.2) is 46.4 Å². The molecule has 8 heteroatoms. The number of fused-ring (bicyclic) bond motifs is 1. The molecular weight excluding hydrogens is 354 g/mol. The second-order valence-electron chi connectivity index (χ2n) is 6.11. The fourth-order valence-corrected chi connectivity index (χ4v) is 3.74. The maximum absolute atomic E-state index is 12.5.